The van der Waals surface area contributed by atoms with Crippen molar-refractivity contribution in [1.82, 2.24) is 4.98 Å². The predicted octanol–water partition coefficient (Wildman–Crippen LogP) is 3.70. The van der Waals surface area contributed by atoms with Crippen LogP contribution in [0.3, 0.4) is 0 Å². The summed E-state index contributed by atoms with van der Waals surface area (Å²) in [6, 6.07) is 13.6. The van der Waals surface area contributed by atoms with Gasteiger partial charge in [0.2, 0.25) is 11.8 Å². The molecule has 0 unspecified atom stereocenters. The summed E-state index contributed by atoms with van der Waals surface area (Å²) in [7, 11) is 0. The van der Waals surface area contributed by atoms with Crippen molar-refractivity contribution in [3.8, 4) is 5.75 Å². The topological polar surface area (TPSA) is 90.5 Å². The van der Waals surface area contributed by atoms with Gasteiger partial charge >= 0.3 is 4.87 Å². The van der Waals surface area contributed by atoms with Gasteiger partial charge in [0.25, 0.3) is 0 Å². The number of phenols is 1. The summed E-state index contributed by atoms with van der Waals surface area (Å²) in [5, 5.41) is 9.67. The van der Waals surface area contributed by atoms with E-state index in [-0.39, 0.29) is 22.4 Å². The van der Waals surface area contributed by atoms with Gasteiger partial charge in [-0.2, -0.15) is 0 Å². The average molecular weight is 489 g/mol. The fourth-order valence-corrected chi connectivity index (χ4v) is 6.68. The van der Waals surface area contributed by atoms with Crippen molar-refractivity contribution in [2.45, 2.75) is 16.2 Å². The van der Waals surface area contributed by atoms with Gasteiger partial charge in [-0.3, -0.25) is 14.4 Å². The highest BCUT2D eigenvalue weighted by Crippen LogP contribution is 2.53. The fourth-order valence-electron chi connectivity index (χ4n) is 3.90. The third-order valence-corrected chi connectivity index (χ3v) is 8.09. The molecule has 3 aromatic rings. The van der Waals surface area contributed by atoms with Crippen molar-refractivity contribution in [2.75, 3.05) is 4.90 Å². The number of aromatic nitrogens is 1. The van der Waals surface area contributed by atoms with Gasteiger partial charge in [0.05, 0.1) is 16.6 Å². The van der Waals surface area contributed by atoms with Gasteiger partial charge in [-0.1, -0.05) is 51.2 Å². The van der Waals surface area contributed by atoms with E-state index in [9.17, 15) is 19.5 Å². The first-order valence-electron chi connectivity index (χ1n) is 8.76. The normalized spacial score (nSPS) is 23.2. The van der Waals surface area contributed by atoms with Crippen LogP contribution >= 0.6 is 39.0 Å². The summed E-state index contributed by atoms with van der Waals surface area (Å²) in [4.78, 5) is 43.3. The number of aromatic hydroxyl groups is 1. The predicted molar refractivity (Wildman–Crippen MR) is 115 cm³/mol. The number of rotatable bonds is 2. The summed E-state index contributed by atoms with van der Waals surface area (Å²) >= 11 is 5.68. The number of fused-ring (bicyclic) bond motifs is 2. The van der Waals surface area contributed by atoms with Gasteiger partial charge in [0.15, 0.2) is 0 Å². The SMILES string of the molecule is O=C1[C@H]2[C@@H](c3ccc(O)cc3)c3sc(=O)[nH]c3S[C@H]2C(=O)N1c1ccc(Br)cc1. The molecule has 3 heterocycles. The van der Waals surface area contributed by atoms with E-state index >= 15 is 0 Å². The number of phenolic OH excluding ortho intramolecular Hbond substituents is 1. The number of thiazole rings is 1. The summed E-state index contributed by atoms with van der Waals surface area (Å²) in [5.41, 5.74) is 1.31. The van der Waals surface area contributed by atoms with Crippen LogP contribution in [0, 0.1) is 5.92 Å². The molecule has 2 aliphatic heterocycles. The minimum Gasteiger partial charge on any atom is -0.508 e. The number of hydrogen-bond acceptors (Lipinski definition) is 6. The molecule has 1 saturated heterocycles. The lowest BCUT2D eigenvalue weighted by molar-refractivity contribution is -0.122. The number of thioether (sulfide) groups is 1. The van der Waals surface area contributed by atoms with Gasteiger partial charge in [-0.25, -0.2) is 4.90 Å². The molecule has 1 fully saturated rings. The van der Waals surface area contributed by atoms with Crippen LogP contribution in [0.15, 0.2) is 62.8 Å². The number of amides is 2. The number of anilines is 1. The van der Waals surface area contributed by atoms with Crippen LogP contribution in [0.25, 0.3) is 0 Å². The summed E-state index contributed by atoms with van der Waals surface area (Å²) in [6.45, 7) is 0. The molecule has 5 rings (SSSR count). The van der Waals surface area contributed by atoms with Gasteiger partial charge in [-0.15, -0.1) is 0 Å². The highest BCUT2D eigenvalue weighted by molar-refractivity contribution is 9.10. The van der Waals surface area contributed by atoms with E-state index in [1.165, 1.54) is 16.7 Å². The third kappa shape index (κ3) is 2.95. The Bertz CT molecular complexity index is 1190. The molecule has 29 heavy (non-hydrogen) atoms. The zero-order valence-electron chi connectivity index (χ0n) is 14.7. The minimum atomic E-state index is -0.625. The quantitative estimate of drug-likeness (QED) is 0.536. The second-order valence-electron chi connectivity index (χ2n) is 6.83. The number of H-pyrrole nitrogens is 1. The Morgan fingerprint density at radius 1 is 0.966 bits per heavy atom. The molecular weight excluding hydrogens is 476 g/mol. The van der Waals surface area contributed by atoms with Crippen molar-refractivity contribution in [3.63, 3.8) is 0 Å². The molecule has 2 N–H and O–H groups in total. The second-order valence-corrected chi connectivity index (χ2v) is 9.91. The summed E-state index contributed by atoms with van der Waals surface area (Å²) < 4.78 is 0.855. The maximum atomic E-state index is 13.4. The zero-order valence-corrected chi connectivity index (χ0v) is 17.9. The molecule has 0 radical (unpaired) electrons. The zero-order chi connectivity index (χ0) is 20.3. The summed E-state index contributed by atoms with van der Waals surface area (Å²) in [5.74, 6) is -1.51. The monoisotopic (exact) mass is 488 g/mol. The Morgan fingerprint density at radius 2 is 1.66 bits per heavy atom. The number of benzene rings is 2. The van der Waals surface area contributed by atoms with Crippen LogP contribution in [0.5, 0.6) is 5.75 Å². The van der Waals surface area contributed by atoms with Crippen molar-refractivity contribution in [2.24, 2.45) is 5.92 Å². The van der Waals surface area contributed by atoms with Crippen LogP contribution < -0.4 is 9.77 Å². The smallest absolute Gasteiger partial charge is 0.305 e. The number of nitrogens with zero attached hydrogens (tertiary/aromatic N) is 1. The van der Waals surface area contributed by atoms with E-state index in [1.807, 2.05) is 0 Å². The molecule has 0 saturated carbocycles. The van der Waals surface area contributed by atoms with Crippen molar-refractivity contribution in [3.05, 3.63) is 73.1 Å². The van der Waals surface area contributed by atoms with Crippen molar-refractivity contribution >= 4 is 56.5 Å². The van der Waals surface area contributed by atoms with Crippen molar-refractivity contribution in [1.29, 1.82) is 0 Å². The van der Waals surface area contributed by atoms with E-state index in [1.54, 1.807) is 48.5 Å². The molecule has 146 valence electrons. The lowest BCUT2D eigenvalue weighted by Crippen LogP contribution is -2.32. The van der Waals surface area contributed by atoms with Crippen LogP contribution in [0.1, 0.15) is 16.4 Å². The van der Waals surface area contributed by atoms with Crippen LogP contribution in [0.4, 0.5) is 5.69 Å². The molecule has 3 atom stereocenters. The second kappa shape index (κ2) is 6.86. The Kier molecular flexibility index (Phi) is 4.41. The molecule has 2 aliphatic rings. The summed E-state index contributed by atoms with van der Waals surface area (Å²) in [6.07, 6.45) is 0. The molecule has 2 amide bonds. The average Bonchev–Trinajstić information content (AvgIpc) is 3.19. The molecule has 0 bridgehead atoms. The number of halogens is 1. The van der Waals surface area contributed by atoms with E-state index in [4.69, 9.17) is 0 Å². The first kappa shape index (κ1) is 18.7. The first-order chi connectivity index (χ1) is 13.9. The number of nitrogens with one attached hydrogen (secondary N) is 1. The van der Waals surface area contributed by atoms with Gasteiger partial charge in [-0.05, 0) is 42.0 Å². The highest BCUT2D eigenvalue weighted by Gasteiger charge is 2.56. The molecule has 9 heteroatoms. The Morgan fingerprint density at radius 3 is 2.34 bits per heavy atom. The minimum absolute atomic E-state index is 0.114. The van der Waals surface area contributed by atoms with Gasteiger partial charge in [0.1, 0.15) is 11.0 Å². The molecule has 0 spiro atoms. The number of carbonyl (C=O) groups excluding carboxylic acids is 2. The standard InChI is InChI=1S/C20H13BrN2O4S2/c21-10-3-5-11(6-4-10)23-18(25)14-13(9-1-7-12(24)8-2-9)15-17(22-20(27)29-15)28-16(14)19(23)26/h1-8,13-14,16,24H,(H,22,27)/t13-,14+,16-/m1/s1. The largest absolute Gasteiger partial charge is 0.508 e. The maximum Gasteiger partial charge on any atom is 0.305 e. The van der Waals surface area contributed by atoms with Crippen LogP contribution in [-0.4, -0.2) is 27.2 Å². The van der Waals surface area contributed by atoms with Crippen LogP contribution in [-0.2, 0) is 9.59 Å². The van der Waals surface area contributed by atoms with E-state index < -0.39 is 17.1 Å². The molecule has 6 nitrogen and oxygen atoms in total. The third-order valence-electron chi connectivity index (χ3n) is 5.16. The maximum absolute atomic E-state index is 13.4. The Balaban J connectivity index is 1.64. The number of hydrogen-bond donors (Lipinski definition) is 2. The number of carbonyl (C=O) groups is 2. The lowest BCUT2D eigenvalue weighted by atomic mass is 9.83. The van der Waals surface area contributed by atoms with E-state index in [0.717, 1.165) is 26.3 Å². The van der Waals surface area contributed by atoms with Crippen molar-refractivity contribution < 1.29 is 14.7 Å². The van der Waals surface area contributed by atoms with E-state index in [2.05, 4.69) is 20.9 Å². The molecule has 1 aromatic heterocycles. The van der Waals surface area contributed by atoms with Gasteiger partial charge in [0, 0.05) is 15.3 Å². The molecule has 0 aliphatic carbocycles. The lowest BCUT2D eigenvalue weighted by Gasteiger charge is -2.29. The fraction of sp³-hybridized carbons (Fsp3) is 0.150. The first-order valence-corrected chi connectivity index (χ1v) is 11.2. The van der Waals surface area contributed by atoms with Gasteiger partial charge < -0.3 is 10.1 Å². The Labute approximate surface area is 181 Å². The van der Waals surface area contributed by atoms with Crippen LogP contribution in [0.2, 0.25) is 0 Å². The molecular formula is C20H13BrN2O4S2. The highest BCUT2D eigenvalue weighted by atomic mass is 79.9. The molecule has 2 aromatic carbocycles. The number of imide groups is 1. The Hall–Kier alpha value is -2.36. The number of aromatic amines is 1. The van der Waals surface area contributed by atoms with E-state index in [0.29, 0.717) is 10.7 Å².